The molecule has 7 heteroatoms. The Balaban J connectivity index is 1.86. The molecule has 0 heterocycles. The molecular formula is C14H12ClN3O2S. The molecule has 0 aliphatic rings. The van der Waals surface area contributed by atoms with Crippen LogP contribution >= 0.6 is 23.8 Å². The number of non-ortho nitro benzene ring substituents is 1. The van der Waals surface area contributed by atoms with Crippen LogP contribution in [0, 0.1) is 10.1 Å². The number of benzene rings is 2. The molecule has 5 nitrogen and oxygen atoms in total. The summed E-state index contributed by atoms with van der Waals surface area (Å²) in [4.78, 5) is 10.1. The van der Waals surface area contributed by atoms with E-state index >= 15 is 0 Å². The number of thiocarbonyl (C=S) groups is 1. The highest BCUT2D eigenvalue weighted by Gasteiger charge is 2.04. The van der Waals surface area contributed by atoms with Gasteiger partial charge in [0.1, 0.15) is 0 Å². The van der Waals surface area contributed by atoms with Gasteiger partial charge in [0.15, 0.2) is 5.11 Å². The predicted octanol–water partition coefficient (Wildman–Crippen LogP) is 3.73. The van der Waals surface area contributed by atoms with Crippen molar-refractivity contribution in [3.8, 4) is 0 Å². The summed E-state index contributed by atoms with van der Waals surface area (Å²) in [6, 6.07) is 13.5. The van der Waals surface area contributed by atoms with Gasteiger partial charge in [-0.25, -0.2) is 0 Å². The lowest BCUT2D eigenvalue weighted by molar-refractivity contribution is -0.384. The van der Waals surface area contributed by atoms with E-state index < -0.39 is 4.92 Å². The van der Waals surface area contributed by atoms with Crippen molar-refractivity contribution in [3.63, 3.8) is 0 Å². The standard InChI is InChI=1S/C14H12ClN3O2S/c15-11-3-1-10(2-4-11)9-16-14(21)17-12-5-7-13(8-6-12)18(19)20/h1-8H,9H2,(H2,16,17,21). The van der Waals surface area contributed by atoms with Crippen molar-refractivity contribution < 1.29 is 4.92 Å². The van der Waals surface area contributed by atoms with E-state index in [0.29, 0.717) is 22.4 Å². The van der Waals surface area contributed by atoms with Crippen LogP contribution in [0.25, 0.3) is 0 Å². The minimum Gasteiger partial charge on any atom is -0.358 e. The zero-order valence-corrected chi connectivity index (χ0v) is 12.4. The van der Waals surface area contributed by atoms with Crippen molar-refractivity contribution in [1.29, 1.82) is 0 Å². The zero-order chi connectivity index (χ0) is 15.2. The highest BCUT2D eigenvalue weighted by molar-refractivity contribution is 7.80. The molecule has 2 rings (SSSR count). The van der Waals surface area contributed by atoms with E-state index in [1.54, 1.807) is 12.1 Å². The summed E-state index contributed by atoms with van der Waals surface area (Å²) < 4.78 is 0. The van der Waals surface area contributed by atoms with Crippen LogP contribution in [-0.2, 0) is 6.54 Å². The summed E-state index contributed by atoms with van der Waals surface area (Å²) >= 11 is 11.0. The van der Waals surface area contributed by atoms with E-state index in [0.717, 1.165) is 5.56 Å². The second kappa shape index (κ2) is 7.01. The Labute approximate surface area is 132 Å². The van der Waals surface area contributed by atoms with E-state index in [1.165, 1.54) is 12.1 Å². The van der Waals surface area contributed by atoms with Crippen LogP contribution in [0.4, 0.5) is 11.4 Å². The van der Waals surface area contributed by atoms with Crippen LogP contribution < -0.4 is 10.6 Å². The lowest BCUT2D eigenvalue weighted by Gasteiger charge is -2.10. The SMILES string of the molecule is O=[N+]([O-])c1ccc(NC(=S)NCc2ccc(Cl)cc2)cc1. The molecule has 0 unspecified atom stereocenters. The third-order valence-corrected chi connectivity index (χ3v) is 3.20. The van der Waals surface area contributed by atoms with E-state index in [4.69, 9.17) is 23.8 Å². The average molecular weight is 322 g/mol. The summed E-state index contributed by atoms with van der Waals surface area (Å²) in [7, 11) is 0. The Bertz CT molecular complexity index is 644. The van der Waals surface area contributed by atoms with Crippen LogP contribution in [0.3, 0.4) is 0 Å². The lowest BCUT2D eigenvalue weighted by atomic mass is 10.2. The molecule has 21 heavy (non-hydrogen) atoms. The first-order valence-electron chi connectivity index (χ1n) is 6.08. The lowest BCUT2D eigenvalue weighted by Crippen LogP contribution is -2.27. The van der Waals surface area contributed by atoms with E-state index in [2.05, 4.69) is 10.6 Å². The van der Waals surface area contributed by atoms with Crippen molar-refractivity contribution >= 4 is 40.3 Å². The highest BCUT2D eigenvalue weighted by Crippen LogP contribution is 2.15. The Morgan fingerprint density at radius 2 is 1.76 bits per heavy atom. The average Bonchev–Trinajstić information content (AvgIpc) is 2.47. The number of hydrogen-bond donors (Lipinski definition) is 2. The van der Waals surface area contributed by atoms with E-state index in [9.17, 15) is 10.1 Å². The second-order valence-electron chi connectivity index (χ2n) is 4.24. The first-order chi connectivity index (χ1) is 10.0. The molecular weight excluding hydrogens is 310 g/mol. The topological polar surface area (TPSA) is 67.2 Å². The fraction of sp³-hybridized carbons (Fsp3) is 0.0714. The monoisotopic (exact) mass is 321 g/mol. The Hall–Kier alpha value is -2.18. The number of nitrogens with zero attached hydrogens (tertiary/aromatic N) is 1. The summed E-state index contributed by atoms with van der Waals surface area (Å²) in [5.41, 5.74) is 1.78. The normalized spacial score (nSPS) is 9.95. The molecule has 0 fully saturated rings. The second-order valence-corrected chi connectivity index (χ2v) is 5.08. The van der Waals surface area contributed by atoms with Crippen molar-refractivity contribution in [2.24, 2.45) is 0 Å². The van der Waals surface area contributed by atoms with Crippen LogP contribution in [0.2, 0.25) is 5.02 Å². The molecule has 0 spiro atoms. The van der Waals surface area contributed by atoms with Gasteiger partial charge in [-0.05, 0) is 42.0 Å². The van der Waals surface area contributed by atoms with Crippen molar-refractivity contribution in [2.75, 3.05) is 5.32 Å². The van der Waals surface area contributed by atoms with Gasteiger partial charge in [0.2, 0.25) is 0 Å². The first-order valence-corrected chi connectivity index (χ1v) is 6.87. The van der Waals surface area contributed by atoms with Gasteiger partial charge in [0, 0.05) is 29.4 Å². The smallest absolute Gasteiger partial charge is 0.269 e. The number of rotatable bonds is 4. The maximum Gasteiger partial charge on any atom is 0.269 e. The van der Waals surface area contributed by atoms with Crippen molar-refractivity contribution in [2.45, 2.75) is 6.54 Å². The summed E-state index contributed by atoms with van der Waals surface area (Å²) in [5.74, 6) is 0. The molecule has 2 aromatic rings. The fourth-order valence-electron chi connectivity index (χ4n) is 1.63. The maximum atomic E-state index is 10.6. The quantitative estimate of drug-likeness (QED) is 0.510. The number of hydrogen-bond acceptors (Lipinski definition) is 3. The van der Waals surface area contributed by atoms with Gasteiger partial charge in [0.05, 0.1) is 4.92 Å². The van der Waals surface area contributed by atoms with Crippen LogP contribution in [0.5, 0.6) is 0 Å². The Morgan fingerprint density at radius 3 is 2.33 bits per heavy atom. The fourth-order valence-corrected chi connectivity index (χ4v) is 1.94. The third kappa shape index (κ3) is 4.70. The summed E-state index contributed by atoms with van der Waals surface area (Å²) in [6.07, 6.45) is 0. The molecule has 0 aliphatic carbocycles. The van der Waals surface area contributed by atoms with Crippen molar-refractivity contribution in [1.82, 2.24) is 5.32 Å². The molecule has 2 N–H and O–H groups in total. The van der Waals surface area contributed by atoms with Crippen LogP contribution in [0.15, 0.2) is 48.5 Å². The molecule has 0 saturated heterocycles. The number of nitro groups is 1. The first kappa shape index (κ1) is 15.2. The minimum atomic E-state index is -0.444. The molecule has 0 aromatic heterocycles. The molecule has 0 saturated carbocycles. The van der Waals surface area contributed by atoms with E-state index in [1.807, 2.05) is 24.3 Å². The van der Waals surface area contributed by atoms with Gasteiger partial charge in [0.25, 0.3) is 5.69 Å². The Kier molecular flexibility index (Phi) is 5.08. The molecule has 0 atom stereocenters. The van der Waals surface area contributed by atoms with Crippen LogP contribution in [0.1, 0.15) is 5.56 Å². The van der Waals surface area contributed by atoms with E-state index in [-0.39, 0.29) is 5.69 Å². The van der Waals surface area contributed by atoms with Gasteiger partial charge in [-0.3, -0.25) is 10.1 Å². The molecule has 0 amide bonds. The predicted molar refractivity (Wildman–Crippen MR) is 87.6 cm³/mol. The number of anilines is 1. The largest absolute Gasteiger partial charge is 0.358 e. The number of nitro benzene ring substituents is 1. The van der Waals surface area contributed by atoms with Crippen LogP contribution in [-0.4, -0.2) is 10.0 Å². The van der Waals surface area contributed by atoms with Gasteiger partial charge in [-0.15, -0.1) is 0 Å². The minimum absolute atomic E-state index is 0.0422. The highest BCUT2D eigenvalue weighted by atomic mass is 35.5. The van der Waals surface area contributed by atoms with Gasteiger partial charge < -0.3 is 10.6 Å². The van der Waals surface area contributed by atoms with Crippen molar-refractivity contribution in [3.05, 3.63) is 69.2 Å². The summed E-state index contributed by atoms with van der Waals surface area (Å²) in [6.45, 7) is 0.565. The maximum absolute atomic E-state index is 10.6. The third-order valence-electron chi connectivity index (χ3n) is 2.70. The molecule has 0 bridgehead atoms. The molecule has 0 radical (unpaired) electrons. The Morgan fingerprint density at radius 1 is 1.14 bits per heavy atom. The molecule has 108 valence electrons. The number of halogens is 1. The van der Waals surface area contributed by atoms with Gasteiger partial charge in [-0.1, -0.05) is 23.7 Å². The van der Waals surface area contributed by atoms with Gasteiger partial charge in [-0.2, -0.15) is 0 Å². The molecule has 0 aliphatic heterocycles. The summed E-state index contributed by atoms with van der Waals surface area (Å²) in [5, 5.41) is 17.7. The van der Waals surface area contributed by atoms with Gasteiger partial charge >= 0.3 is 0 Å². The zero-order valence-electron chi connectivity index (χ0n) is 10.9. The number of nitrogens with one attached hydrogen (secondary N) is 2. The molecule has 2 aromatic carbocycles.